The van der Waals surface area contributed by atoms with Crippen LogP contribution in [0.5, 0.6) is 0 Å². The molecule has 20 heavy (non-hydrogen) atoms. The van der Waals surface area contributed by atoms with Crippen molar-refractivity contribution in [2.45, 2.75) is 25.8 Å². The highest BCUT2D eigenvalue weighted by Crippen LogP contribution is 2.26. The van der Waals surface area contributed by atoms with Crippen molar-refractivity contribution < 1.29 is 9.90 Å². The van der Waals surface area contributed by atoms with Crippen LogP contribution in [0.4, 0.5) is 5.69 Å². The average molecular weight is 269 g/mol. The van der Waals surface area contributed by atoms with Gasteiger partial charge in [-0.2, -0.15) is 0 Å². The third-order valence-corrected chi connectivity index (χ3v) is 3.27. The fraction of sp³-hybridized carbons (Fsp3) is 0.235. The number of nitrogens with one attached hydrogen (secondary N) is 1. The molecule has 2 aromatic carbocycles. The van der Waals surface area contributed by atoms with Gasteiger partial charge in [0.2, 0.25) is 0 Å². The van der Waals surface area contributed by atoms with Gasteiger partial charge in [-0.05, 0) is 24.1 Å². The van der Waals surface area contributed by atoms with E-state index in [2.05, 4.69) is 24.4 Å². The van der Waals surface area contributed by atoms with E-state index in [0.29, 0.717) is 11.3 Å². The van der Waals surface area contributed by atoms with Crippen LogP contribution in [0.25, 0.3) is 0 Å². The normalized spacial score (nSPS) is 11.8. The number of carbonyl (C=O) groups is 1. The van der Waals surface area contributed by atoms with Crippen LogP contribution in [-0.2, 0) is 0 Å². The summed E-state index contributed by atoms with van der Waals surface area (Å²) in [6.45, 7) is 2.13. The highest BCUT2D eigenvalue weighted by Gasteiger charge is 2.14. The molecular weight excluding hydrogens is 250 g/mol. The Morgan fingerprint density at radius 2 is 1.75 bits per heavy atom. The van der Waals surface area contributed by atoms with Gasteiger partial charge in [-0.3, -0.25) is 0 Å². The van der Waals surface area contributed by atoms with Crippen molar-refractivity contribution in [2.75, 3.05) is 5.32 Å². The van der Waals surface area contributed by atoms with Crippen LogP contribution in [0.2, 0.25) is 0 Å². The Labute approximate surface area is 119 Å². The number of carboxylic acids is 1. The molecule has 0 aliphatic rings. The second-order valence-electron chi connectivity index (χ2n) is 4.75. The molecule has 2 aromatic rings. The average Bonchev–Trinajstić information content (AvgIpc) is 2.48. The molecule has 0 spiro atoms. The molecule has 0 aromatic heterocycles. The van der Waals surface area contributed by atoms with Crippen LogP contribution in [0.3, 0.4) is 0 Å². The summed E-state index contributed by atoms with van der Waals surface area (Å²) in [6, 6.07) is 17.3. The van der Waals surface area contributed by atoms with E-state index >= 15 is 0 Å². The van der Waals surface area contributed by atoms with Gasteiger partial charge >= 0.3 is 5.97 Å². The monoisotopic (exact) mass is 269 g/mol. The highest BCUT2D eigenvalue weighted by molar-refractivity contribution is 5.94. The number of hydrogen-bond donors (Lipinski definition) is 2. The predicted molar refractivity (Wildman–Crippen MR) is 81.1 cm³/mol. The summed E-state index contributed by atoms with van der Waals surface area (Å²) in [5.41, 5.74) is 2.15. The molecule has 2 N–H and O–H groups in total. The van der Waals surface area contributed by atoms with Gasteiger partial charge in [-0.15, -0.1) is 0 Å². The van der Waals surface area contributed by atoms with Crippen molar-refractivity contribution in [1.82, 2.24) is 0 Å². The van der Waals surface area contributed by atoms with Crippen molar-refractivity contribution in [3.63, 3.8) is 0 Å². The number of anilines is 1. The van der Waals surface area contributed by atoms with Crippen LogP contribution in [-0.4, -0.2) is 11.1 Å². The summed E-state index contributed by atoms with van der Waals surface area (Å²) >= 11 is 0. The lowest BCUT2D eigenvalue weighted by molar-refractivity contribution is 0.0698. The zero-order valence-corrected chi connectivity index (χ0v) is 11.5. The van der Waals surface area contributed by atoms with E-state index in [1.807, 2.05) is 30.3 Å². The van der Waals surface area contributed by atoms with Crippen LogP contribution >= 0.6 is 0 Å². The van der Waals surface area contributed by atoms with Gasteiger partial charge in [0, 0.05) is 5.69 Å². The number of carboxylic acid groups (broad SMARTS) is 1. The summed E-state index contributed by atoms with van der Waals surface area (Å²) in [6.07, 6.45) is 1.99. The minimum absolute atomic E-state index is 0.127. The van der Waals surface area contributed by atoms with Crippen molar-refractivity contribution in [3.05, 3.63) is 65.7 Å². The van der Waals surface area contributed by atoms with Crippen LogP contribution in [0, 0.1) is 0 Å². The standard InChI is InChI=1S/C17H19NO2/c1-2-8-15(13-9-4-3-5-10-13)18-16-12-7-6-11-14(16)17(19)20/h3-7,9-12,15,18H,2,8H2,1H3,(H,19,20). The van der Waals surface area contributed by atoms with Crippen LogP contribution in [0.1, 0.15) is 41.7 Å². The quantitative estimate of drug-likeness (QED) is 0.820. The Morgan fingerprint density at radius 3 is 2.40 bits per heavy atom. The molecule has 0 amide bonds. The molecule has 0 saturated heterocycles. The number of hydrogen-bond acceptors (Lipinski definition) is 2. The van der Waals surface area contributed by atoms with Crippen molar-refractivity contribution in [1.29, 1.82) is 0 Å². The first kappa shape index (κ1) is 14.1. The lowest BCUT2D eigenvalue weighted by Crippen LogP contribution is -2.13. The fourth-order valence-corrected chi connectivity index (χ4v) is 2.28. The lowest BCUT2D eigenvalue weighted by Gasteiger charge is -2.21. The van der Waals surface area contributed by atoms with E-state index in [1.165, 1.54) is 5.56 Å². The Hall–Kier alpha value is -2.29. The molecule has 0 heterocycles. The summed E-state index contributed by atoms with van der Waals surface area (Å²) in [5.74, 6) is -0.906. The molecule has 3 heteroatoms. The summed E-state index contributed by atoms with van der Waals surface area (Å²) in [7, 11) is 0. The largest absolute Gasteiger partial charge is 0.478 e. The first-order valence-electron chi connectivity index (χ1n) is 6.86. The molecule has 0 aliphatic carbocycles. The van der Waals surface area contributed by atoms with Crippen molar-refractivity contribution >= 4 is 11.7 Å². The molecular formula is C17H19NO2. The van der Waals surface area contributed by atoms with Crippen LogP contribution < -0.4 is 5.32 Å². The lowest BCUT2D eigenvalue weighted by atomic mass is 10.0. The van der Waals surface area contributed by atoms with E-state index in [4.69, 9.17) is 0 Å². The molecule has 1 unspecified atom stereocenters. The minimum atomic E-state index is -0.906. The topological polar surface area (TPSA) is 49.3 Å². The summed E-state index contributed by atoms with van der Waals surface area (Å²) < 4.78 is 0. The van der Waals surface area contributed by atoms with Gasteiger partial charge in [0.05, 0.1) is 11.6 Å². The van der Waals surface area contributed by atoms with Crippen LogP contribution in [0.15, 0.2) is 54.6 Å². The summed E-state index contributed by atoms with van der Waals surface area (Å²) in [4.78, 5) is 11.3. The maximum Gasteiger partial charge on any atom is 0.337 e. The summed E-state index contributed by atoms with van der Waals surface area (Å²) in [5, 5.41) is 12.6. The zero-order valence-electron chi connectivity index (χ0n) is 11.5. The van der Waals surface area contributed by atoms with Gasteiger partial charge < -0.3 is 10.4 Å². The molecule has 104 valence electrons. The molecule has 0 radical (unpaired) electrons. The van der Waals surface area contributed by atoms with E-state index in [1.54, 1.807) is 12.1 Å². The third kappa shape index (κ3) is 3.38. The number of para-hydroxylation sites is 1. The molecule has 0 saturated carbocycles. The Balaban J connectivity index is 2.27. The van der Waals surface area contributed by atoms with Gasteiger partial charge in [0.25, 0.3) is 0 Å². The Kier molecular flexibility index (Phi) is 4.77. The molecule has 0 fully saturated rings. The Morgan fingerprint density at radius 1 is 1.10 bits per heavy atom. The fourth-order valence-electron chi connectivity index (χ4n) is 2.28. The first-order chi connectivity index (χ1) is 9.72. The van der Waals surface area contributed by atoms with Crippen molar-refractivity contribution in [3.8, 4) is 0 Å². The van der Waals surface area contributed by atoms with E-state index < -0.39 is 5.97 Å². The van der Waals surface area contributed by atoms with E-state index in [0.717, 1.165) is 12.8 Å². The van der Waals surface area contributed by atoms with E-state index in [-0.39, 0.29) is 6.04 Å². The third-order valence-electron chi connectivity index (χ3n) is 3.27. The maximum atomic E-state index is 11.3. The highest BCUT2D eigenvalue weighted by atomic mass is 16.4. The molecule has 3 nitrogen and oxygen atoms in total. The van der Waals surface area contributed by atoms with E-state index in [9.17, 15) is 9.90 Å². The SMILES string of the molecule is CCCC(Nc1ccccc1C(=O)O)c1ccccc1. The minimum Gasteiger partial charge on any atom is -0.478 e. The van der Waals surface area contributed by atoms with Gasteiger partial charge in [-0.25, -0.2) is 4.79 Å². The molecule has 2 rings (SSSR count). The first-order valence-corrected chi connectivity index (χ1v) is 6.86. The number of rotatable bonds is 6. The second kappa shape index (κ2) is 6.75. The predicted octanol–water partition coefficient (Wildman–Crippen LogP) is 4.34. The molecule has 1 atom stereocenters. The Bertz CT molecular complexity index is 566. The molecule has 0 bridgehead atoms. The van der Waals surface area contributed by atoms with Gasteiger partial charge in [0.15, 0.2) is 0 Å². The smallest absolute Gasteiger partial charge is 0.337 e. The van der Waals surface area contributed by atoms with Crippen molar-refractivity contribution in [2.24, 2.45) is 0 Å². The molecule has 0 aliphatic heterocycles. The van der Waals surface area contributed by atoms with Gasteiger partial charge in [0.1, 0.15) is 0 Å². The van der Waals surface area contributed by atoms with Gasteiger partial charge in [-0.1, -0.05) is 55.8 Å². The number of benzene rings is 2. The second-order valence-corrected chi connectivity index (χ2v) is 4.75. The zero-order chi connectivity index (χ0) is 14.4. The maximum absolute atomic E-state index is 11.3. The number of aromatic carboxylic acids is 1.